The molecule has 476 valence electrons. The molecular formula is C62H74FN9O17. The Morgan fingerprint density at radius 2 is 1.44 bits per heavy atom. The van der Waals surface area contributed by atoms with Crippen LogP contribution >= 0.6 is 0 Å². The molecule has 3 aliphatic rings. The predicted molar refractivity (Wildman–Crippen MR) is 317 cm³/mol. The normalized spacial score (nSPS) is 15.7. The average molecular weight is 1240 g/mol. The second-order valence-electron chi connectivity index (χ2n) is 22.3. The molecule has 2 aromatic heterocycles. The van der Waals surface area contributed by atoms with Gasteiger partial charge in [-0.25, -0.2) is 23.8 Å². The third kappa shape index (κ3) is 17.5. The fourth-order valence-corrected chi connectivity index (χ4v) is 10.4. The number of carbonyl (C=O) groups is 8. The van der Waals surface area contributed by atoms with E-state index in [4.69, 9.17) is 38.1 Å². The Balaban J connectivity index is 0.739. The Hall–Kier alpha value is -8.89. The third-order valence-corrected chi connectivity index (χ3v) is 14.8. The molecule has 0 saturated carbocycles. The highest BCUT2D eigenvalue weighted by atomic mass is 19.1. The molecule has 0 saturated heterocycles. The zero-order valence-corrected chi connectivity index (χ0v) is 50.2. The van der Waals surface area contributed by atoms with Gasteiger partial charge in [-0.2, -0.15) is 0 Å². The summed E-state index contributed by atoms with van der Waals surface area (Å²) in [5.41, 5.74) is 2.32. The predicted octanol–water partition coefficient (Wildman–Crippen LogP) is 3.05. The Kier molecular flexibility index (Phi) is 22.5. The molecule has 0 radical (unpaired) electrons. The summed E-state index contributed by atoms with van der Waals surface area (Å²) in [6, 6.07) is 16.4. The lowest BCUT2D eigenvalue weighted by Gasteiger charge is -2.31. The lowest BCUT2D eigenvalue weighted by atomic mass is 9.81. The van der Waals surface area contributed by atoms with E-state index < -0.39 is 102 Å². The van der Waals surface area contributed by atoms with Gasteiger partial charge in [-0.3, -0.25) is 28.8 Å². The maximum atomic E-state index is 15.4. The van der Waals surface area contributed by atoms with Crippen molar-refractivity contribution in [3.63, 3.8) is 0 Å². The molecule has 0 unspecified atom stereocenters. The molecule has 3 aromatic carbocycles. The molecule has 0 fully saturated rings. The molecule has 0 bridgehead atoms. The number of halogens is 1. The number of ether oxygens (including phenoxy) is 7. The van der Waals surface area contributed by atoms with Crippen molar-refractivity contribution in [2.24, 2.45) is 0 Å². The van der Waals surface area contributed by atoms with E-state index in [1.54, 1.807) is 95.3 Å². The Bertz CT molecular complexity index is 3500. The number of alkyl carbamates (subject to hydrolysis) is 2. The maximum Gasteiger partial charge on any atom is 0.407 e. The van der Waals surface area contributed by atoms with Crippen molar-refractivity contribution in [1.82, 2.24) is 41.5 Å². The first-order chi connectivity index (χ1) is 42.6. The van der Waals surface area contributed by atoms with Crippen LogP contribution in [0.4, 0.5) is 19.7 Å². The number of benzene rings is 3. The number of esters is 1. The third-order valence-electron chi connectivity index (χ3n) is 14.8. The van der Waals surface area contributed by atoms with Crippen LogP contribution in [0, 0.1) is 12.7 Å². The number of aryl methyl sites for hydroxylation is 1. The summed E-state index contributed by atoms with van der Waals surface area (Å²) >= 11 is 0. The van der Waals surface area contributed by atoms with Gasteiger partial charge < -0.3 is 80.0 Å². The number of fused-ring (bicyclic) bond motifs is 5. The van der Waals surface area contributed by atoms with Crippen molar-refractivity contribution in [1.29, 1.82) is 0 Å². The maximum absolute atomic E-state index is 15.4. The minimum absolute atomic E-state index is 0.0441. The number of pyridine rings is 2. The zero-order valence-electron chi connectivity index (χ0n) is 50.2. The molecular weight excluding hydrogens is 1160 g/mol. The van der Waals surface area contributed by atoms with Crippen LogP contribution in [0.25, 0.3) is 22.3 Å². The number of cyclic esters (lactones) is 1. The van der Waals surface area contributed by atoms with E-state index in [0.29, 0.717) is 102 Å². The number of anilines is 1. The van der Waals surface area contributed by atoms with Crippen LogP contribution in [-0.4, -0.2) is 153 Å². The van der Waals surface area contributed by atoms with Gasteiger partial charge in [0.1, 0.15) is 37.3 Å². The van der Waals surface area contributed by atoms with E-state index in [2.05, 4.69) is 37.2 Å². The largest absolute Gasteiger partial charge is 0.458 e. The van der Waals surface area contributed by atoms with Gasteiger partial charge in [-0.05, 0) is 93.0 Å². The number of nitrogens with one attached hydrogen (secondary N) is 7. The van der Waals surface area contributed by atoms with Gasteiger partial charge >= 0.3 is 18.2 Å². The van der Waals surface area contributed by atoms with Gasteiger partial charge in [-0.1, -0.05) is 49.4 Å². The van der Waals surface area contributed by atoms with E-state index in [1.165, 1.54) is 10.6 Å². The molecule has 5 aromatic rings. The number of hydrogen-bond donors (Lipinski definition) is 8. The summed E-state index contributed by atoms with van der Waals surface area (Å²) in [4.78, 5) is 121. The van der Waals surface area contributed by atoms with Gasteiger partial charge in [-0.15, -0.1) is 0 Å². The zero-order chi connectivity index (χ0) is 63.8. The van der Waals surface area contributed by atoms with Crippen molar-refractivity contribution in [2.45, 2.75) is 103 Å². The fourth-order valence-electron chi connectivity index (χ4n) is 10.4. The van der Waals surface area contributed by atoms with Crippen LogP contribution in [0.2, 0.25) is 0 Å². The molecule has 2 aliphatic heterocycles. The molecule has 27 heteroatoms. The molecule has 89 heavy (non-hydrogen) atoms. The Morgan fingerprint density at radius 3 is 2.13 bits per heavy atom. The van der Waals surface area contributed by atoms with E-state index in [1.807, 2.05) is 0 Å². The topological polar surface area (TPSA) is 341 Å². The van der Waals surface area contributed by atoms with Crippen molar-refractivity contribution >= 4 is 64.3 Å². The number of aromatic nitrogens is 2. The van der Waals surface area contributed by atoms with Gasteiger partial charge in [0.15, 0.2) is 5.60 Å². The van der Waals surface area contributed by atoms with Crippen LogP contribution < -0.4 is 42.8 Å². The van der Waals surface area contributed by atoms with E-state index in [9.17, 15) is 48.3 Å². The highest BCUT2D eigenvalue weighted by molar-refractivity contribution is 5.97. The van der Waals surface area contributed by atoms with Crippen molar-refractivity contribution in [2.75, 3.05) is 84.4 Å². The summed E-state index contributed by atoms with van der Waals surface area (Å²) in [5, 5.41) is 30.2. The molecule has 0 spiro atoms. The molecule has 1 aliphatic carbocycles. The van der Waals surface area contributed by atoms with Gasteiger partial charge in [0, 0.05) is 41.2 Å². The number of aliphatic hydroxyl groups is 1. The SMILES string of the molecule is CC[C@@]1(O)C(=O)OCc2c1cc1n(c2=O)Cc2c-1nc1cc(F)c(C)c3c1c2[C@@H](NC(=O)OCc1ccc(NC(=O)CNC(=O)[C@H](Cc2ccccc2)NC(=O)CNC(=O)CNC(=O)COCCOCCOCCOCCNC(=O)OC(C)(C)C)cc1)CC3. The van der Waals surface area contributed by atoms with E-state index in [-0.39, 0.29) is 70.2 Å². The molecule has 8 rings (SSSR count). The fraction of sp³-hybridized carbons (Fsp3) is 0.452. The van der Waals surface area contributed by atoms with Gasteiger partial charge in [0.25, 0.3) is 5.56 Å². The van der Waals surface area contributed by atoms with Gasteiger partial charge in [0.2, 0.25) is 29.5 Å². The molecule has 3 atom stereocenters. The molecule has 26 nitrogen and oxygen atoms in total. The first-order valence-corrected chi connectivity index (χ1v) is 29.2. The minimum atomic E-state index is -2.05. The molecule has 7 amide bonds. The Morgan fingerprint density at radius 1 is 0.775 bits per heavy atom. The van der Waals surface area contributed by atoms with Crippen molar-refractivity contribution in [3.05, 3.63) is 127 Å². The number of hydrogen-bond acceptors (Lipinski definition) is 18. The van der Waals surface area contributed by atoms with Crippen LogP contribution in [0.1, 0.15) is 91.1 Å². The number of amides is 7. The first-order valence-electron chi connectivity index (χ1n) is 29.2. The van der Waals surface area contributed by atoms with Crippen LogP contribution in [0.3, 0.4) is 0 Å². The second-order valence-corrected chi connectivity index (χ2v) is 22.3. The summed E-state index contributed by atoms with van der Waals surface area (Å²) in [6.07, 6.45) is -0.482. The second kappa shape index (κ2) is 30.3. The van der Waals surface area contributed by atoms with Crippen LogP contribution in [0.5, 0.6) is 0 Å². The molecule has 4 heterocycles. The summed E-state index contributed by atoms with van der Waals surface area (Å²) in [5.74, 6) is -4.56. The van der Waals surface area contributed by atoms with Crippen LogP contribution in [0.15, 0.2) is 71.5 Å². The highest BCUT2D eigenvalue weighted by Gasteiger charge is 2.46. The minimum Gasteiger partial charge on any atom is -0.458 e. The van der Waals surface area contributed by atoms with E-state index >= 15 is 4.39 Å². The number of carbonyl (C=O) groups excluding carboxylic acids is 8. The summed E-state index contributed by atoms with van der Waals surface area (Å²) < 4.78 is 54.5. The van der Waals surface area contributed by atoms with Gasteiger partial charge in [0.05, 0.1) is 101 Å². The van der Waals surface area contributed by atoms with Crippen LogP contribution in [-0.2, 0) is 100 Å². The summed E-state index contributed by atoms with van der Waals surface area (Å²) in [6.45, 7) is 8.53. The number of rotatable bonds is 29. The lowest BCUT2D eigenvalue weighted by Crippen LogP contribution is -2.52. The van der Waals surface area contributed by atoms with Crippen molar-refractivity contribution in [3.8, 4) is 11.4 Å². The first kappa shape index (κ1) is 66.1. The highest BCUT2D eigenvalue weighted by Crippen LogP contribution is 2.46. The smallest absolute Gasteiger partial charge is 0.407 e. The monoisotopic (exact) mass is 1240 g/mol. The quantitative estimate of drug-likeness (QED) is 0.0190. The number of nitrogens with zero attached hydrogens (tertiary/aromatic N) is 2. The lowest BCUT2D eigenvalue weighted by molar-refractivity contribution is -0.172. The van der Waals surface area contributed by atoms with Crippen molar-refractivity contribution < 1.29 is 81.0 Å². The molecule has 8 N–H and O–H groups in total. The van der Waals surface area contributed by atoms with E-state index in [0.717, 1.165) is 5.56 Å². The summed E-state index contributed by atoms with van der Waals surface area (Å²) in [7, 11) is 0. The standard InChI is InChI=1S/C62H74FN9O17/c1-6-62(82)43-27-48-55-41(32-72(48)57(78)42(43)34-87-58(62)79)54-45(17-16-40-36(2)44(63)28-46(70-55)53(40)54)71-60(81)88-33-38-12-14-39(15-13-38)68-50(74)31-67-56(77)47(26-37-10-8-7-9-11-37)69-51(75)30-65-49(73)29-66-52(76)35-86-25-24-85-23-22-84-21-20-83-19-18-64-59(80)89-61(3,4)5/h7-15,27-28,45,47,82H,6,16-26,29-35H2,1-5H3,(H,64,80)(H,65,73)(H,66,76)(H,67,77)(H,68,74)(H,69,75)(H,71,81)/t45-,47-,62-/m0/s1. The average Bonchev–Trinajstić information content (AvgIpc) is 1.63. The Labute approximate surface area is 511 Å².